The zero-order valence-corrected chi connectivity index (χ0v) is 11.0. The van der Waals surface area contributed by atoms with Gasteiger partial charge in [-0.25, -0.2) is 4.39 Å². The largest absolute Gasteiger partial charge is 0.480 e. The zero-order valence-electron chi connectivity index (χ0n) is 11.0. The lowest BCUT2D eigenvalue weighted by Crippen LogP contribution is -2.07. The van der Waals surface area contributed by atoms with Crippen LogP contribution in [0.5, 0.6) is 5.75 Å². The third-order valence-electron chi connectivity index (χ3n) is 3.23. The molecule has 1 aliphatic rings. The van der Waals surface area contributed by atoms with Gasteiger partial charge in [0.05, 0.1) is 0 Å². The van der Waals surface area contributed by atoms with E-state index in [1.165, 1.54) is 6.07 Å². The summed E-state index contributed by atoms with van der Waals surface area (Å²) in [5, 5.41) is 3.89. The van der Waals surface area contributed by atoms with Crippen LogP contribution >= 0.6 is 0 Å². The van der Waals surface area contributed by atoms with Crippen LogP contribution < -0.4 is 10.5 Å². The molecule has 106 valence electrons. The van der Waals surface area contributed by atoms with Crippen molar-refractivity contribution in [1.29, 1.82) is 0 Å². The quantitative estimate of drug-likeness (QED) is 0.875. The number of halogens is 1. The third-order valence-corrected chi connectivity index (χ3v) is 3.23. The van der Waals surface area contributed by atoms with Crippen LogP contribution in [0.2, 0.25) is 0 Å². The molecule has 0 atom stereocenters. The lowest BCUT2D eigenvalue weighted by atomic mass is 10.1. The Morgan fingerprint density at radius 2 is 2.25 bits per heavy atom. The Bertz CT molecular complexity index is 596. The number of nitrogens with two attached hydrogens (primary N) is 1. The monoisotopic (exact) mass is 277 g/mol. The Morgan fingerprint density at radius 1 is 1.40 bits per heavy atom. The maximum Gasteiger partial charge on any atom is 0.264 e. The smallest absolute Gasteiger partial charge is 0.264 e. The number of para-hydroxylation sites is 1. The van der Waals surface area contributed by atoms with Crippen LogP contribution in [0.1, 0.15) is 36.0 Å². The van der Waals surface area contributed by atoms with Crippen molar-refractivity contribution in [1.82, 2.24) is 10.1 Å². The van der Waals surface area contributed by atoms with E-state index >= 15 is 0 Å². The van der Waals surface area contributed by atoms with Crippen molar-refractivity contribution in [2.75, 3.05) is 6.54 Å². The SMILES string of the molecule is NCCc1cccc(F)c1OCc1nc(C2CC2)no1. The van der Waals surface area contributed by atoms with Crippen molar-refractivity contribution >= 4 is 0 Å². The maximum atomic E-state index is 13.8. The van der Waals surface area contributed by atoms with Gasteiger partial charge in [-0.05, 0) is 37.4 Å². The molecule has 1 aromatic heterocycles. The minimum atomic E-state index is -0.405. The predicted octanol–water partition coefficient (Wildman–Crippen LogP) is 2.17. The van der Waals surface area contributed by atoms with Crippen molar-refractivity contribution in [3.8, 4) is 5.75 Å². The first-order chi connectivity index (χ1) is 9.78. The number of rotatable bonds is 6. The van der Waals surface area contributed by atoms with Crippen LogP contribution in [-0.4, -0.2) is 16.7 Å². The number of nitrogens with zero attached hydrogens (tertiary/aromatic N) is 2. The Kier molecular flexibility index (Phi) is 3.64. The summed E-state index contributed by atoms with van der Waals surface area (Å²) in [4.78, 5) is 4.24. The van der Waals surface area contributed by atoms with Gasteiger partial charge in [0.25, 0.3) is 5.89 Å². The van der Waals surface area contributed by atoms with Gasteiger partial charge in [0.2, 0.25) is 0 Å². The molecule has 5 nitrogen and oxygen atoms in total. The van der Waals surface area contributed by atoms with Crippen molar-refractivity contribution in [2.45, 2.75) is 31.8 Å². The van der Waals surface area contributed by atoms with E-state index in [1.54, 1.807) is 12.1 Å². The first kappa shape index (κ1) is 13.1. The minimum absolute atomic E-state index is 0.0677. The maximum absolute atomic E-state index is 13.8. The van der Waals surface area contributed by atoms with E-state index in [-0.39, 0.29) is 12.4 Å². The molecule has 6 heteroatoms. The third kappa shape index (κ3) is 2.80. The van der Waals surface area contributed by atoms with Gasteiger partial charge in [-0.2, -0.15) is 4.98 Å². The Hall–Kier alpha value is -1.95. The number of hydrogen-bond donors (Lipinski definition) is 1. The average molecular weight is 277 g/mol. The van der Waals surface area contributed by atoms with Gasteiger partial charge in [0.1, 0.15) is 0 Å². The van der Waals surface area contributed by atoms with Crippen LogP contribution in [0.15, 0.2) is 22.7 Å². The van der Waals surface area contributed by atoms with Gasteiger partial charge in [-0.3, -0.25) is 0 Å². The molecule has 0 saturated heterocycles. The van der Waals surface area contributed by atoms with E-state index in [1.807, 2.05) is 0 Å². The summed E-state index contributed by atoms with van der Waals surface area (Å²) >= 11 is 0. The standard InChI is InChI=1S/C14H16FN3O2/c15-11-3-1-2-9(6-7-16)13(11)19-8-12-17-14(18-20-12)10-4-5-10/h1-3,10H,4-8,16H2. The second-order valence-corrected chi connectivity index (χ2v) is 4.88. The van der Waals surface area contributed by atoms with E-state index in [0.717, 1.165) is 24.2 Å². The lowest BCUT2D eigenvalue weighted by Gasteiger charge is -2.10. The first-order valence-electron chi connectivity index (χ1n) is 6.70. The molecule has 0 amide bonds. The highest BCUT2D eigenvalue weighted by atomic mass is 19.1. The summed E-state index contributed by atoms with van der Waals surface area (Å²) in [7, 11) is 0. The van der Waals surface area contributed by atoms with Gasteiger partial charge >= 0.3 is 0 Å². The molecular formula is C14H16FN3O2. The van der Waals surface area contributed by atoms with E-state index in [0.29, 0.717) is 24.8 Å². The van der Waals surface area contributed by atoms with Crippen molar-refractivity contribution in [3.05, 3.63) is 41.3 Å². The van der Waals surface area contributed by atoms with Gasteiger partial charge in [0, 0.05) is 5.92 Å². The topological polar surface area (TPSA) is 74.2 Å². The molecule has 2 aromatic rings. The second-order valence-electron chi connectivity index (χ2n) is 4.88. The van der Waals surface area contributed by atoms with Crippen molar-refractivity contribution < 1.29 is 13.7 Å². The molecule has 0 aliphatic heterocycles. The normalized spacial score (nSPS) is 14.5. The van der Waals surface area contributed by atoms with Crippen LogP contribution in [0.4, 0.5) is 4.39 Å². The van der Waals surface area contributed by atoms with Crippen LogP contribution in [0.3, 0.4) is 0 Å². The van der Waals surface area contributed by atoms with E-state index in [4.69, 9.17) is 15.0 Å². The van der Waals surface area contributed by atoms with Crippen LogP contribution in [0.25, 0.3) is 0 Å². The number of aromatic nitrogens is 2. The Balaban J connectivity index is 1.70. The van der Waals surface area contributed by atoms with Crippen molar-refractivity contribution in [3.63, 3.8) is 0 Å². The molecular weight excluding hydrogens is 261 g/mol. The summed E-state index contributed by atoms with van der Waals surface area (Å²) < 4.78 is 24.4. The van der Waals surface area contributed by atoms with Gasteiger partial charge in [-0.1, -0.05) is 17.3 Å². The highest BCUT2D eigenvalue weighted by Gasteiger charge is 2.28. The molecule has 1 aliphatic carbocycles. The molecule has 1 aromatic carbocycles. The fourth-order valence-electron chi connectivity index (χ4n) is 2.04. The van der Waals surface area contributed by atoms with Crippen LogP contribution in [-0.2, 0) is 13.0 Å². The number of benzene rings is 1. The Morgan fingerprint density at radius 3 is 3.00 bits per heavy atom. The highest BCUT2D eigenvalue weighted by Crippen LogP contribution is 2.38. The molecule has 1 heterocycles. The average Bonchev–Trinajstić information content (AvgIpc) is 3.18. The summed E-state index contributed by atoms with van der Waals surface area (Å²) in [5.41, 5.74) is 6.26. The zero-order chi connectivity index (χ0) is 13.9. The van der Waals surface area contributed by atoms with Crippen molar-refractivity contribution in [2.24, 2.45) is 5.73 Å². The number of hydrogen-bond acceptors (Lipinski definition) is 5. The molecule has 20 heavy (non-hydrogen) atoms. The molecule has 1 fully saturated rings. The number of ether oxygens (including phenoxy) is 1. The molecule has 0 bridgehead atoms. The van der Waals surface area contributed by atoms with Gasteiger partial charge in [0.15, 0.2) is 24.0 Å². The van der Waals surface area contributed by atoms with E-state index < -0.39 is 5.82 Å². The van der Waals surface area contributed by atoms with Gasteiger partial charge in [-0.15, -0.1) is 0 Å². The first-order valence-corrected chi connectivity index (χ1v) is 6.70. The minimum Gasteiger partial charge on any atom is -0.480 e. The summed E-state index contributed by atoms with van der Waals surface area (Å²) in [6.45, 7) is 0.504. The summed E-state index contributed by atoms with van der Waals surface area (Å²) in [5.74, 6) is 1.32. The summed E-state index contributed by atoms with van der Waals surface area (Å²) in [6.07, 6.45) is 2.77. The summed E-state index contributed by atoms with van der Waals surface area (Å²) in [6, 6.07) is 4.80. The molecule has 1 saturated carbocycles. The fourth-order valence-corrected chi connectivity index (χ4v) is 2.04. The Labute approximate surface area is 115 Å². The molecule has 3 rings (SSSR count). The highest BCUT2D eigenvalue weighted by molar-refractivity contribution is 5.35. The van der Waals surface area contributed by atoms with E-state index in [2.05, 4.69) is 10.1 Å². The molecule has 0 unspecified atom stereocenters. The second kappa shape index (κ2) is 5.58. The van der Waals surface area contributed by atoms with Gasteiger partial charge < -0.3 is 15.0 Å². The molecule has 0 spiro atoms. The fraction of sp³-hybridized carbons (Fsp3) is 0.429. The predicted molar refractivity (Wildman–Crippen MR) is 69.8 cm³/mol. The lowest BCUT2D eigenvalue weighted by molar-refractivity contribution is 0.232. The van der Waals surface area contributed by atoms with E-state index in [9.17, 15) is 4.39 Å². The molecule has 0 radical (unpaired) electrons. The van der Waals surface area contributed by atoms with Crippen LogP contribution in [0, 0.1) is 5.82 Å². The molecule has 2 N–H and O–H groups in total.